The highest BCUT2D eigenvalue weighted by molar-refractivity contribution is 6.02. The molecule has 5 nitrogen and oxygen atoms in total. The molecule has 1 aliphatic rings. The number of fused-ring (bicyclic) bond motifs is 1. The van der Waals surface area contributed by atoms with Gasteiger partial charge in [-0.1, -0.05) is 55.0 Å². The van der Waals surface area contributed by atoms with Crippen molar-refractivity contribution in [2.24, 2.45) is 13.0 Å². The standard InChI is InChI=1S/C36H37FN4O/c1-25-19-29(16-18-38-25)35-31-21-28(14-15-33(31)41(2)40-35)34(42)20-27-11-8-17-36(22-27,23-30-12-6-7-13-32(30)37)39-24-26-9-4-3-5-10-26/h3-7,9-10,12-16,18-19,21,27,39H,8,11,17,20,22-24H2,1-2H3/t27-,36-/m0/s1. The molecule has 1 aliphatic carbocycles. The van der Waals surface area contributed by atoms with Gasteiger partial charge in [-0.25, -0.2) is 4.39 Å². The second-order valence-electron chi connectivity index (χ2n) is 11.9. The van der Waals surface area contributed by atoms with E-state index in [1.807, 2.05) is 79.3 Å². The largest absolute Gasteiger partial charge is 0.307 e. The van der Waals surface area contributed by atoms with Gasteiger partial charge in [-0.2, -0.15) is 5.10 Å². The summed E-state index contributed by atoms with van der Waals surface area (Å²) in [5.74, 6) is 0.196. The zero-order chi connectivity index (χ0) is 29.1. The molecule has 2 heterocycles. The van der Waals surface area contributed by atoms with Crippen LogP contribution in [0.25, 0.3) is 22.2 Å². The summed E-state index contributed by atoms with van der Waals surface area (Å²) in [6, 6.07) is 27.3. The minimum atomic E-state index is -0.277. The Morgan fingerprint density at radius 1 is 1.05 bits per heavy atom. The van der Waals surface area contributed by atoms with Crippen LogP contribution in [0.1, 0.15) is 59.3 Å². The van der Waals surface area contributed by atoms with E-state index < -0.39 is 0 Å². The molecule has 0 spiro atoms. The van der Waals surface area contributed by atoms with Crippen molar-refractivity contribution >= 4 is 16.7 Å². The van der Waals surface area contributed by atoms with E-state index in [0.717, 1.165) is 59.1 Å². The number of aryl methyl sites for hydroxylation is 2. The van der Waals surface area contributed by atoms with Gasteiger partial charge >= 0.3 is 0 Å². The van der Waals surface area contributed by atoms with E-state index in [0.29, 0.717) is 24.9 Å². The molecule has 214 valence electrons. The van der Waals surface area contributed by atoms with Gasteiger partial charge in [0, 0.05) is 54.0 Å². The van der Waals surface area contributed by atoms with Crippen LogP contribution in [0, 0.1) is 18.7 Å². The zero-order valence-corrected chi connectivity index (χ0v) is 24.3. The minimum Gasteiger partial charge on any atom is -0.307 e. The van der Waals surface area contributed by atoms with Crippen molar-refractivity contribution in [1.82, 2.24) is 20.1 Å². The van der Waals surface area contributed by atoms with Crippen LogP contribution in [0.15, 0.2) is 91.1 Å². The van der Waals surface area contributed by atoms with Gasteiger partial charge in [0.15, 0.2) is 5.78 Å². The molecule has 0 radical (unpaired) electrons. The highest BCUT2D eigenvalue weighted by Gasteiger charge is 2.37. The molecule has 2 aromatic heterocycles. The van der Waals surface area contributed by atoms with Crippen molar-refractivity contribution in [2.45, 2.75) is 57.5 Å². The van der Waals surface area contributed by atoms with Gasteiger partial charge in [0.2, 0.25) is 0 Å². The van der Waals surface area contributed by atoms with Crippen LogP contribution in [0.4, 0.5) is 4.39 Å². The van der Waals surface area contributed by atoms with Crippen molar-refractivity contribution in [3.63, 3.8) is 0 Å². The number of hydrogen-bond donors (Lipinski definition) is 1. The maximum absolute atomic E-state index is 14.8. The molecule has 0 aliphatic heterocycles. The lowest BCUT2D eigenvalue weighted by atomic mass is 9.71. The maximum Gasteiger partial charge on any atom is 0.163 e. The average molecular weight is 561 g/mol. The maximum atomic E-state index is 14.8. The second-order valence-corrected chi connectivity index (χ2v) is 11.9. The van der Waals surface area contributed by atoms with Crippen LogP contribution < -0.4 is 5.32 Å². The van der Waals surface area contributed by atoms with E-state index in [1.54, 1.807) is 18.3 Å². The molecule has 1 fully saturated rings. The van der Waals surface area contributed by atoms with Crippen molar-refractivity contribution in [3.8, 4) is 11.3 Å². The van der Waals surface area contributed by atoms with Gasteiger partial charge < -0.3 is 5.32 Å². The lowest BCUT2D eigenvalue weighted by Crippen LogP contribution is -2.50. The summed E-state index contributed by atoms with van der Waals surface area (Å²) in [6.45, 7) is 2.68. The van der Waals surface area contributed by atoms with Crippen LogP contribution in [-0.4, -0.2) is 26.1 Å². The fourth-order valence-corrected chi connectivity index (χ4v) is 6.66. The number of carbonyl (C=O) groups excluding carboxylic acids is 1. The number of aromatic nitrogens is 3. The van der Waals surface area contributed by atoms with E-state index in [1.165, 1.54) is 5.56 Å². The fraction of sp³-hybridized carbons (Fsp3) is 0.306. The number of carbonyl (C=O) groups is 1. The first-order chi connectivity index (χ1) is 20.4. The number of pyridine rings is 1. The molecule has 1 N–H and O–H groups in total. The van der Waals surface area contributed by atoms with Crippen LogP contribution in [0.3, 0.4) is 0 Å². The number of halogens is 1. The van der Waals surface area contributed by atoms with E-state index in [4.69, 9.17) is 5.10 Å². The summed E-state index contributed by atoms with van der Waals surface area (Å²) >= 11 is 0. The van der Waals surface area contributed by atoms with Gasteiger partial charge in [-0.15, -0.1) is 0 Å². The third-order valence-corrected chi connectivity index (χ3v) is 8.76. The van der Waals surface area contributed by atoms with Crippen LogP contribution >= 0.6 is 0 Å². The van der Waals surface area contributed by atoms with Gasteiger partial charge in [0.1, 0.15) is 11.5 Å². The SMILES string of the molecule is Cc1cc(-c2nn(C)c3ccc(C(=O)C[C@@H]4CCC[C@](Cc5ccccc5F)(NCc5ccccc5)C4)cc23)ccn1. The molecule has 6 rings (SSSR count). The number of nitrogens with one attached hydrogen (secondary N) is 1. The number of Topliss-reactive ketones (excluding diaryl/α,β-unsaturated/α-hetero) is 1. The first-order valence-electron chi connectivity index (χ1n) is 14.8. The van der Waals surface area contributed by atoms with Gasteiger partial charge in [0.05, 0.1) is 5.52 Å². The number of ketones is 1. The Bertz CT molecular complexity index is 1710. The minimum absolute atomic E-state index is 0.146. The molecule has 3 aromatic carbocycles. The number of nitrogens with zero attached hydrogens (tertiary/aromatic N) is 3. The molecular formula is C36H37FN4O. The quantitative estimate of drug-likeness (QED) is 0.189. The normalized spacial score (nSPS) is 18.8. The number of hydrogen-bond acceptors (Lipinski definition) is 4. The zero-order valence-electron chi connectivity index (χ0n) is 24.3. The van der Waals surface area contributed by atoms with Crippen molar-refractivity contribution in [1.29, 1.82) is 0 Å². The van der Waals surface area contributed by atoms with Crippen molar-refractivity contribution in [3.05, 3.63) is 119 Å². The summed E-state index contributed by atoms with van der Waals surface area (Å²) in [5.41, 5.74) is 6.13. The average Bonchev–Trinajstić information content (AvgIpc) is 3.34. The predicted molar refractivity (Wildman–Crippen MR) is 166 cm³/mol. The van der Waals surface area contributed by atoms with Crippen LogP contribution in [-0.2, 0) is 20.0 Å². The molecule has 0 amide bonds. The fourth-order valence-electron chi connectivity index (χ4n) is 6.66. The highest BCUT2D eigenvalue weighted by Crippen LogP contribution is 2.38. The third-order valence-electron chi connectivity index (χ3n) is 8.76. The predicted octanol–water partition coefficient (Wildman–Crippen LogP) is 7.62. The Morgan fingerprint density at radius 3 is 2.67 bits per heavy atom. The van der Waals surface area contributed by atoms with Crippen molar-refractivity contribution in [2.75, 3.05) is 0 Å². The first-order valence-corrected chi connectivity index (χ1v) is 14.8. The summed E-state index contributed by atoms with van der Waals surface area (Å²) < 4.78 is 16.7. The van der Waals surface area contributed by atoms with Gasteiger partial charge in [-0.05, 0) is 86.1 Å². The van der Waals surface area contributed by atoms with E-state index in [2.05, 4.69) is 22.4 Å². The Kier molecular flexibility index (Phi) is 7.98. The lowest BCUT2D eigenvalue weighted by molar-refractivity contribution is 0.0917. The van der Waals surface area contributed by atoms with E-state index >= 15 is 0 Å². The third kappa shape index (κ3) is 6.04. The molecule has 42 heavy (non-hydrogen) atoms. The van der Waals surface area contributed by atoms with E-state index in [-0.39, 0.29) is 23.1 Å². The van der Waals surface area contributed by atoms with Crippen LogP contribution in [0.2, 0.25) is 0 Å². The molecular weight excluding hydrogens is 523 g/mol. The molecule has 2 atom stereocenters. The number of benzene rings is 3. The lowest BCUT2D eigenvalue weighted by Gasteiger charge is -2.42. The summed E-state index contributed by atoms with van der Waals surface area (Å²) in [5, 5.41) is 9.57. The summed E-state index contributed by atoms with van der Waals surface area (Å²) in [4.78, 5) is 18.1. The Labute approximate surface area is 246 Å². The smallest absolute Gasteiger partial charge is 0.163 e. The topological polar surface area (TPSA) is 59.8 Å². The highest BCUT2D eigenvalue weighted by atomic mass is 19.1. The van der Waals surface area contributed by atoms with Crippen molar-refractivity contribution < 1.29 is 9.18 Å². The molecule has 1 saturated carbocycles. The van der Waals surface area contributed by atoms with Gasteiger partial charge in [-0.3, -0.25) is 14.5 Å². The molecule has 0 saturated heterocycles. The molecule has 0 bridgehead atoms. The molecule has 5 aromatic rings. The Balaban J connectivity index is 1.24. The number of rotatable bonds is 9. The molecule has 6 heteroatoms. The Morgan fingerprint density at radius 2 is 1.86 bits per heavy atom. The molecule has 0 unspecified atom stereocenters. The summed E-state index contributed by atoms with van der Waals surface area (Å²) in [6.07, 6.45) is 6.65. The van der Waals surface area contributed by atoms with E-state index in [9.17, 15) is 9.18 Å². The first kappa shape index (κ1) is 28.0. The van der Waals surface area contributed by atoms with Gasteiger partial charge in [0.25, 0.3) is 0 Å². The second kappa shape index (κ2) is 12.0. The van der Waals surface area contributed by atoms with Crippen LogP contribution in [0.5, 0.6) is 0 Å². The Hall–Kier alpha value is -4.16. The monoisotopic (exact) mass is 560 g/mol. The summed E-state index contributed by atoms with van der Waals surface area (Å²) in [7, 11) is 1.93.